The van der Waals surface area contributed by atoms with Gasteiger partial charge in [-0.1, -0.05) is 6.92 Å². The third kappa shape index (κ3) is 7.42. The normalized spacial score (nSPS) is 22.4. The number of hydrogen-bond donors (Lipinski definition) is 1. The van der Waals surface area contributed by atoms with Crippen LogP contribution in [0.25, 0.3) is 0 Å². The summed E-state index contributed by atoms with van der Waals surface area (Å²) in [6.45, 7) is 5.73. The molecule has 1 aliphatic heterocycles. The van der Waals surface area contributed by atoms with Gasteiger partial charge in [0.1, 0.15) is 5.82 Å². The van der Waals surface area contributed by atoms with Gasteiger partial charge in [-0.15, -0.1) is 0 Å². The summed E-state index contributed by atoms with van der Waals surface area (Å²) in [5.41, 5.74) is -1.50. The monoisotopic (exact) mass is 485 g/mol. The second-order valence-corrected chi connectivity index (χ2v) is 9.94. The predicted octanol–water partition coefficient (Wildman–Crippen LogP) is 4.57. The lowest BCUT2D eigenvalue weighted by Gasteiger charge is -2.34. The summed E-state index contributed by atoms with van der Waals surface area (Å²) in [6.07, 6.45) is 1.18. The molecule has 2 aliphatic rings. The molecule has 1 heterocycles. The first-order valence-electron chi connectivity index (χ1n) is 12.2. The fraction of sp³-hybridized carbons (Fsp3) is 0.680. The van der Waals surface area contributed by atoms with Gasteiger partial charge < -0.3 is 15.1 Å². The average Bonchev–Trinajstić information content (AvgIpc) is 2.80. The number of hydrogen-bond acceptors (Lipinski definition) is 3. The lowest BCUT2D eigenvalue weighted by molar-refractivity contribution is -0.138. The molecule has 1 saturated heterocycles. The summed E-state index contributed by atoms with van der Waals surface area (Å²) in [5.74, 6) is -0.470. The smallest absolute Gasteiger partial charge is 0.352 e. The van der Waals surface area contributed by atoms with E-state index < -0.39 is 23.5 Å². The minimum Gasteiger partial charge on any atom is -0.352 e. The Kier molecular flexibility index (Phi) is 8.95. The van der Waals surface area contributed by atoms with Crippen LogP contribution < -0.4 is 5.32 Å². The van der Waals surface area contributed by atoms with Gasteiger partial charge >= 0.3 is 6.18 Å². The van der Waals surface area contributed by atoms with Crippen LogP contribution in [0.4, 0.5) is 17.6 Å². The van der Waals surface area contributed by atoms with E-state index in [0.717, 1.165) is 64.2 Å². The van der Waals surface area contributed by atoms with E-state index in [0.29, 0.717) is 31.1 Å². The van der Waals surface area contributed by atoms with E-state index in [1.165, 1.54) is 0 Å². The van der Waals surface area contributed by atoms with Gasteiger partial charge in [0.15, 0.2) is 0 Å². The Hall–Kier alpha value is -2.16. The summed E-state index contributed by atoms with van der Waals surface area (Å²) < 4.78 is 52.1. The van der Waals surface area contributed by atoms with Gasteiger partial charge in [-0.25, -0.2) is 4.39 Å². The molecule has 1 N–H and O–H groups in total. The fourth-order valence-corrected chi connectivity index (χ4v) is 4.86. The number of likely N-dealkylation sites (tertiary alicyclic amines) is 1. The van der Waals surface area contributed by atoms with Crippen molar-refractivity contribution in [1.82, 2.24) is 15.1 Å². The van der Waals surface area contributed by atoms with E-state index in [4.69, 9.17) is 0 Å². The molecule has 1 aromatic rings. The minimum absolute atomic E-state index is 0.154. The van der Waals surface area contributed by atoms with Crippen molar-refractivity contribution in [3.63, 3.8) is 0 Å². The molecule has 1 aliphatic carbocycles. The number of carbonyl (C=O) groups excluding carboxylic acids is 2. The Balaban J connectivity index is 1.38. The molecule has 0 spiro atoms. The highest BCUT2D eigenvalue weighted by Gasteiger charge is 2.32. The first kappa shape index (κ1) is 26.4. The summed E-state index contributed by atoms with van der Waals surface area (Å²) in [5, 5.41) is 2.65. The summed E-state index contributed by atoms with van der Waals surface area (Å²) in [6, 6.07) is 1.87. The fourth-order valence-electron chi connectivity index (χ4n) is 4.86. The molecule has 1 saturated carbocycles. The van der Waals surface area contributed by atoms with Crippen LogP contribution in [0.5, 0.6) is 0 Å². The van der Waals surface area contributed by atoms with Crippen LogP contribution in [0, 0.1) is 23.6 Å². The molecule has 2 fully saturated rings. The van der Waals surface area contributed by atoms with Crippen molar-refractivity contribution in [3.8, 4) is 0 Å². The number of nitrogens with one attached hydrogen (secondary N) is 1. The molecule has 34 heavy (non-hydrogen) atoms. The Bertz CT molecular complexity index is 845. The molecule has 5 nitrogen and oxygen atoms in total. The van der Waals surface area contributed by atoms with E-state index >= 15 is 0 Å². The number of likely N-dealkylation sites (N-methyl/N-ethyl adjacent to an activating group) is 1. The van der Waals surface area contributed by atoms with E-state index in [2.05, 4.69) is 17.1 Å². The maximum absolute atomic E-state index is 13.5. The molecule has 2 amide bonds. The van der Waals surface area contributed by atoms with Gasteiger partial charge in [0.25, 0.3) is 5.91 Å². The summed E-state index contributed by atoms with van der Waals surface area (Å²) in [4.78, 5) is 29.1. The van der Waals surface area contributed by atoms with Gasteiger partial charge in [0, 0.05) is 38.2 Å². The first-order valence-corrected chi connectivity index (χ1v) is 12.2. The Morgan fingerprint density at radius 3 is 2.32 bits per heavy atom. The zero-order chi connectivity index (χ0) is 24.9. The van der Waals surface area contributed by atoms with E-state index in [-0.39, 0.29) is 23.3 Å². The number of alkyl halides is 3. The number of amides is 2. The highest BCUT2D eigenvalue weighted by molar-refractivity contribution is 5.94. The quantitative estimate of drug-likeness (QED) is 0.576. The van der Waals surface area contributed by atoms with E-state index in [1.54, 1.807) is 0 Å². The van der Waals surface area contributed by atoms with Crippen LogP contribution in [-0.4, -0.2) is 61.4 Å². The van der Waals surface area contributed by atoms with Crippen molar-refractivity contribution < 1.29 is 27.2 Å². The van der Waals surface area contributed by atoms with Gasteiger partial charge in [-0.2, -0.15) is 13.2 Å². The molecular weight excluding hydrogens is 450 g/mol. The molecule has 0 atom stereocenters. The lowest BCUT2D eigenvalue weighted by atomic mass is 9.82. The molecule has 9 heteroatoms. The van der Waals surface area contributed by atoms with Crippen LogP contribution in [0.3, 0.4) is 0 Å². The van der Waals surface area contributed by atoms with E-state index in [1.807, 2.05) is 11.9 Å². The Labute approximate surface area is 198 Å². The number of benzene rings is 1. The zero-order valence-electron chi connectivity index (χ0n) is 20.0. The van der Waals surface area contributed by atoms with Crippen molar-refractivity contribution >= 4 is 11.8 Å². The third-order valence-electron chi connectivity index (χ3n) is 7.24. The van der Waals surface area contributed by atoms with Crippen LogP contribution >= 0.6 is 0 Å². The number of nitrogens with zero attached hydrogens (tertiary/aromatic N) is 2. The second kappa shape index (κ2) is 11.5. The Morgan fingerprint density at radius 2 is 1.71 bits per heavy atom. The predicted molar refractivity (Wildman–Crippen MR) is 122 cm³/mol. The molecule has 0 bridgehead atoms. The highest BCUT2D eigenvalue weighted by Crippen LogP contribution is 2.31. The topological polar surface area (TPSA) is 52.7 Å². The number of halogens is 4. The van der Waals surface area contributed by atoms with Crippen LogP contribution in [0.1, 0.15) is 61.4 Å². The first-order chi connectivity index (χ1) is 16.0. The minimum atomic E-state index is -4.71. The molecule has 190 valence electrons. The Morgan fingerprint density at radius 1 is 1.06 bits per heavy atom. The maximum atomic E-state index is 13.5. The van der Waals surface area contributed by atoms with Crippen molar-refractivity contribution in [3.05, 3.63) is 35.1 Å². The molecule has 0 aromatic heterocycles. The largest absolute Gasteiger partial charge is 0.416 e. The number of rotatable bonds is 7. The summed E-state index contributed by atoms with van der Waals surface area (Å²) >= 11 is 0. The standard InChI is InChI=1S/C25H35F4N3O2/c1-17-3-5-19(6-4-17)24(34)31(2)11-12-32-9-7-18(8-10-32)16-30-23(33)20-13-21(25(27,28)29)15-22(26)14-20/h13-15,17-19H,3-12,16H2,1-2H3,(H,30,33). The zero-order valence-corrected chi connectivity index (χ0v) is 20.0. The van der Waals surface area contributed by atoms with E-state index in [9.17, 15) is 27.2 Å². The highest BCUT2D eigenvalue weighted by atomic mass is 19.4. The van der Waals surface area contributed by atoms with Gasteiger partial charge in [0.2, 0.25) is 5.91 Å². The van der Waals surface area contributed by atoms with Gasteiger partial charge in [-0.3, -0.25) is 9.59 Å². The molecule has 3 rings (SSSR count). The van der Waals surface area contributed by atoms with Crippen LogP contribution in [0.2, 0.25) is 0 Å². The lowest BCUT2D eigenvalue weighted by Crippen LogP contribution is -2.43. The molecule has 1 aromatic carbocycles. The van der Waals surface area contributed by atoms with Crippen molar-refractivity contribution in [2.45, 2.75) is 51.6 Å². The third-order valence-corrected chi connectivity index (χ3v) is 7.24. The number of carbonyl (C=O) groups is 2. The second-order valence-electron chi connectivity index (χ2n) is 9.94. The molecule has 0 unspecified atom stereocenters. The van der Waals surface area contributed by atoms with Crippen molar-refractivity contribution in [2.24, 2.45) is 17.8 Å². The average molecular weight is 486 g/mol. The summed E-state index contributed by atoms with van der Waals surface area (Å²) in [7, 11) is 1.87. The van der Waals surface area contributed by atoms with Crippen LogP contribution in [0.15, 0.2) is 18.2 Å². The maximum Gasteiger partial charge on any atom is 0.416 e. The SMILES string of the molecule is CC1CCC(C(=O)N(C)CCN2CCC(CNC(=O)c3cc(F)cc(C(F)(F)F)c3)CC2)CC1. The van der Waals surface area contributed by atoms with Gasteiger partial charge in [0.05, 0.1) is 5.56 Å². The van der Waals surface area contributed by atoms with Crippen molar-refractivity contribution in [1.29, 1.82) is 0 Å². The molecule has 0 radical (unpaired) electrons. The van der Waals surface area contributed by atoms with Crippen molar-refractivity contribution in [2.75, 3.05) is 39.8 Å². The van der Waals surface area contributed by atoms with Gasteiger partial charge in [-0.05, 0) is 81.6 Å². The van der Waals surface area contributed by atoms with Crippen LogP contribution in [-0.2, 0) is 11.0 Å². The number of piperidine rings is 1. The molecular formula is C25H35F4N3O2.